The van der Waals surface area contributed by atoms with E-state index in [1.54, 1.807) is 7.11 Å². The molecule has 7 heteroatoms. The van der Waals surface area contributed by atoms with Crippen LogP contribution in [0.1, 0.15) is 0 Å². The van der Waals surface area contributed by atoms with Crippen LogP contribution in [-0.2, 0) is 13.2 Å². The van der Waals surface area contributed by atoms with E-state index in [9.17, 15) is 0 Å². The quantitative estimate of drug-likeness (QED) is 0.469. The van der Waals surface area contributed by atoms with Gasteiger partial charge in [-0.05, 0) is 36.5 Å². The van der Waals surface area contributed by atoms with Gasteiger partial charge in [0.15, 0.2) is 12.5 Å². The second-order valence-electron chi connectivity index (χ2n) is 7.46. The third-order valence-corrected chi connectivity index (χ3v) is 5.98. The van der Waals surface area contributed by atoms with Crippen molar-refractivity contribution >= 4 is 17.9 Å². The van der Waals surface area contributed by atoms with Crippen LogP contribution in [0.3, 0.4) is 0 Å². The molecule has 2 aromatic carbocycles. The van der Waals surface area contributed by atoms with Gasteiger partial charge in [-0.15, -0.1) is 11.7 Å². The van der Waals surface area contributed by atoms with E-state index >= 15 is 0 Å². The average molecular weight is 423 g/mol. The number of quaternary nitrogens is 1. The molecule has 4 rings (SSSR count). The molecule has 1 N–H and O–H groups in total. The number of nitrogens with zero attached hydrogens (tertiary/aromatic N) is 4. The van der Waals surface area contributed by atoms with Crippen LogP contribution in [0.25, 0.3) is 11.4 Å². The van der Waals surface area contributed by atoms with Gasteiger partial charge in [-0.1, -0.05) is 36.4 Å². The second-order valence-corrected chi connectivity index (χ2v) is 7.83. The van der Waals surface area contributed by atoms with Crippen molar-refractivity contribution < 1.29 is 9.64 Å². The van der Waals surface area contributed by atoms with Crippen LogP contribution in [0.15, 0.2) is 67.3 Å². The molecule has 30 heavy (non-hydrogen) atoms. The predicted octanol–water partition coefficient (Wildman–Crippen LogP) is 2.64. The van der Waals surface area contributed by atoms with E-state index in [0.29, 0.717) is 6.54 Å². The molecule has 1 fully saturated rings. The van der Waals surface area contributed by atoms with Gasteiger partial charge in [0, 0.05) is 17.8 Å². The molecule has 0 radical (unpaired) electrons. The molecular formula is C23H28N5OS+. The van der Waals surface area contributed by atoms with Crippen molar-refractivity contribution in [3.63, 3.8) is 0 Å². The number of benzene rings is 2. The first kappa shape index (κ1) is 20.4. The van der Waals surface area contributed by atoms with Gasteiger partial charge in [-0.25, -0.2) is 0 Å². The maximum atomic E-state index is 5.75. The Bertz CT molecular complexity index is 1030. The Hall–Kier alpha value is -2.90. The Balaban J connectivity index is 1.46. The van der Waals surface area contributed by atoms with Crippen LogP contribution in [0.4, 0.5) is 5.69 Å². The van der Waals surface area contributed by atoms with Gasteiger partial charge in [0.05, 0.1) is 33.3 Å². The van der Waals surface area contributed by atoms with Crippen LogP contribution in [-0.4, -0.2) is 47.6 Å². The number of anilines is 1. The van der Waals surface area contributed by atoms with Crippen molar-refractivity contribution in [1.82, 2.24) is 14.3 Å². The molecule has 0 aliphatic carbocycles. The van der Waals surface area contributed by atoms with Crippen LogP contribution in [0.2, 0.25) is 0 Å². The highest BCUT2D eigenvalue weighted by molar-refractivity contribution is 7.71. The normalized spacial score (nSPS) is 14.6. The van der Waals surface area contributed by atoms with E-state index in [1.165, 1.54) is 10.6 Å². The van der Waals surface area contributed by atoms with Crippen molar-refractivity contribution in [2.24, 2.45) is 0 Å². The zero-order valence-electron chi connectivity index (χ0n) is 17.3. The van der Waals surface area contributed by atoms with Crippen molar-refractivity contribution in [2.45, 2.75) is 13.2 Å². The highest BCUT2D eigenvalue weighted by Gasteiger charge is 2.22. The molecule has 0 unspecified atom stereocenters. The Morgan fingerprint density at radius 1 is 1.10 bits per heavy atom. The van der Waals surface area contributed by atoms with Crippen molar-refractivity contribution in [1.29, 1.82) is 0 Å². The third kappa shape index (κ3) is 4.32. The van der Waals surface area contributed by atoms with E-state index in [-0.39, 0.29) is 0 Å². The van der Waals surface area contributed by atoms with Gasteiger partial charge in [0.2, 0.25) is 4.77 Å². The fourth-order valence-corrected chi connectivity index (χ4v) is 4.15. The number of hydrogen-bond donors (Lipinski definition) is 1. The van der Waals surface area contributed by atoms with E-state index < -0.39 is 0 Å². The first-order chi connectivity index (χ1) is 14.7. The number of methoxy groups -OCH3 is 1. The largest absolute Gasteiger partial charge is 0.497 e. The average Bonchev–Trinajstić information content (AvgIpc) is 3.10. The minimum atomic E-state index is 0.656. The van der Waals surface area contributed by atoms with E-state index in [4.69, 9.17) is 22.1 Å². The SMILES string of the molecule is C=CCn1c(-c2ccccc2)nn(C[NH+]2CCN(c3ccc(OC)cc3)CC2)c1=S. The standard InChI is InChI=1S/C23H27N5OS/c1-3-13-27-22(19-7-5-4-6-8-19)24-28(23(27)30)18-25-14-16-26(17-15-25)20-9-11-21(29-2)12-10-20/h3-12H,1,13-18H2,2H3/p+1. The van der Waals surface area contributed by atoms with Crippen LogP contribution >= 0.6 is 12.2 Å². The Morgan fingerprint density at radius 3 is 2.43 bits per heavy atom. The molecule has 6 nitrogen and oxygen atoms in total. The fourth-order valence-electron chi connectivity index (χ4n) is 3.88. The zero-order valence-corrected chi connectivity index (χ0v) is 18.1. The molecule has 0 atom stereocenters. The summed E-state index contributed by atoms with van der Waals surface area (Å²) in [5.41, 5.74) is 2.32. The monoisotopic (exact) mass is 422 g/mol. The highest BCUT2D eigenvalue weighted by atomic mass is 32.1. The predicted molar refractivity (Wildman–Crippen MR) is 123 cm³/mol. The molecule has 3 aromatic rings. The lowest BCUT2D eigenvalue weighted by molar-refractivity contribution is -0.924. The van der Waals surface area contributed by atoms with Gasteiger partial charge in [0.1, 0.15) is 5.75 Å². The molecule has 1 aromatic heterocycles. The molecule has 0 saturated carbocycles. The van der Waals surface area contributed by atoms with Gasteiger partial charge in [-0.3, -0.25) is 4.57 Å². The number of nitrogens with one attached hydrogen (secondary N) is 1. The van der Waals surface area contributed by atoms with Gasteiger partial charge < -0.3 is 14.5 Å². The summed E-state index contributed by atoms with van der Waals surface area (Å²) < 4.78 is 10.0. The van der Waals surface area contributed by atoms with Crippen LogP contribution in [0.5, 0.6) is 5.75 Å². The highest BCUT2D eigenvalue weighted by Crippen LogP contribution is 2.19. The van der Waals surface area contributed by atoms with Crippen molar-refractivity contribution in [2.75, 3.05) is 38.2 Å². The summed E-state index contributed by atoms with van der Waals surface area (Å²) in [7, 11) is 1.70. The number of ether oxygens (including phenoxy) is 1. The molecule has 1 saturated heterocycles. The molecule has 1 aliphatic rings. The van der Waals surface area contributed by atoms with Gasteiger partial charge in [0.25, 0.3) is 0 Å². The summed E-state index contributed by atoms with van der Waals surface area (Å²) >= 11 is 5.75. The van der Waals surface area contributed by atoms with E-state index in [1.807, 2.05) is 41.1 Å². The van der Waals surface area contributed by atoms with E-state index in [2.05, 4.69) is 40.3 Å². The maximum absolute atomic E-state index is 5.75. The summed E-state index contributed by atoms with van der Waals surface area (Å²) in [5.74, 6) is 1.79. The van der Waals surface area contributed by atoms with Gasteiger partial charge in [-0.2, -0.15) is 4.68 Å². The summed E-state index contributed by atoms with van der Waals surface area (Å²) in [4.78, 5) is 3.91. The Labute approximate surface area is 182 Å². The lowest BCUT2D eigenvalue weighted by Gasteiger charge is -2.33. The van der Waals surface area contributed by atoms with Crippen molar-refractivity contribution in [3.05, 3.63) is 72.0 Å². The molecular weight excluding hydrogens is 394 g/mol. The fraction of sp³-hybridized carbons (Fsp3) is 0.304. The number of hydrogen-bond acceptors (Lipinski definition) is 4. The Morgan fingerprint density at radius 2 is 1.80 bits per heavy atom. The second kappa shape index (κ2) is 9.28. The summed E-state index contributed by atoms with van der Waals surface area (Å²) in [5, 5.41) is 4.87. The third-order valence-electron chi connectivity index (χ3n) is 5.55. The first-order valence-corrected chi connectivity index (χ1v) is 10.7. The summed E-state index contributed by atoms with van der Waals surface area (Å²) in [6.45, 7) is 9.42. The molecule has 0 amide bonds. The van der Waals surface area contributed by atoms with Crippen LogP contribution < -0.4 is 14.5 Å². The van der Waals surface area contributed by atoms with E-state index in [0.717, 1.165) is 54.8 Å². The lowest BCUT2D eigenvalue weighted by Crippen LogP contribution is -3.14. The van der Waals surface area contributed by atoms with Crippen LogP contribution in [0, 0.1) is 4.77 Å². The van der Waals surface area contributed by atoms with Crippen molar-refractivity contribution in [3.8, 4) is 17.1 Å². The number of rotatable bonds is 7. The number of piperazine rings is 1. The molecule has 1 aliphatic heterocycles. The summed E-state index contributed by atoms with van der Waals surface area (Å²) in [6.07, 6.45) is 1.87. The molecule has 156 valence electrons. The molecule has 2 heterocycles. The topological polar surface area (TPSA) is 39.7 Å². The lowest BCUT2D eigenvalue weighted by atomic mass is 10.2. The minimum absolute atomic E-state index is 0.656. The Kier molecular flexibility index (Phi) is 6.30. The molecule has 0 spiro atoms. The minimum Gasteiger partial charge on any atom is -0.497 e. The number of aromatic nitrogens is 3. The smallest absolute Gasteiger partial charge is 0.203 e. The maximum Gasteiger partial charge on any atom is 0.203 e. The first-order valence-electron chi connectivity index (χ1n) is 10.3. The van der Waals surface area contributed by atoms with Gasteiger partial charge >= 0.3 is 0 Å². The summed E-state index contributed by atoms with van der Waals surface area (Å²) in [6, 6.07) is 18.5. The molecule has 0 bridgehead atoms. The number of allylic oxidation sites excluding steroid dienone is 1. The zero-order chi connectivity index (χ0) is 20.9.